The molecule has 278 valence electrons. The number of rotatable bonds is 15. The molecule has 4 heterocycles. The highest BCUT2D eigenvalue weighted by molar-refractivity contribution is 6.36. The van der Waals surface area contributed by atoms with Gasteiger partial charge in [-0.2, -0.15) is 4.98 Å². The van der Waals surface area contributed by atoms with Crippen molar-refractivity contribution in [3.05, 3.63) is 81.1 Å². The highest BCUT2D eigenvalue weighted by atomic mass is 35.5. The Hall–Kier alpha value is -4.49. The molecule has 12 nitrogen and oxygen atoms in total. The molecule has 0 radical (unpaired) electrons. The number of methoxy groups -OCH3 is 2. The molecule has 0 saturated carbocycles. The van der Waals surface area contributed by atoms with Crippen molar-refractivity contribution in [2.75, 3.05) is 27.3 Å². The first kappa shape index (κ1) is 36.9. The van der Waals surface area contributed by atoms with E-state index in [1.807, 2.05) is 36.4 Å². The average molecular weight is 761 g/mol. The number of carbonyl (C=O) groups is 2. The van der Waals surface area contributed by atoms with Crippen LogP contribution in [-0.2, 0) is 29.1 Å². The number of aromatic nitrogens is 3. The molecule has 2 aromatic heterocycles. The van der Waals surface area contributed by atoms with Crippen LogP contribution in [0.15, 0.2) is 48.5 Å². The van der Waals surface area contributed by atoms with Crippen LogP contribution >= 0.6 is 23.2 Å². The third-order valence-corrected chi connectivity index (χ3v) is 10.7. The molecule has 0 bridgehead atoms. The first-order chi connectivity index (χ1) is 25.8. The fourth-order valence-corrected chi connectivity index (χ4v) is 7.87. The second kappa shape index (κ2) is 16.7. The van der Waals surface area contributed by atoms with Gasteiger partial charge in [-0.15, -0.1) is 0 Å². The number of carbonyl (C=O) groups excluding carboxylic acids is 2. The highest BCUT2D eigenvalue weighted by Gasteiger charge is 2.30. The first-order valence-electron chi connectivity index (χ1n) is 18.0. The van der Waals surface area contributed by atoms with Crippen molar-refractivity contribution in [2.45, 2.75) is 76.2 Å². The molecule has 7 rings (SSSR count). The number of hydrogen-bond donors (Lipinski definition) is 4. The first-order valence-corrected chi connectivity index (χ1v) is 18.8. The van der Waals surface area contributed by atoms with Gasteiger partial charge in [0.05, 0.1) is 24.9 Å². The van der Waals surface area contributed by atoms with Gasteiger partial charge in [0.25, 0.3) is 5.88 Å². The number of pyridine rings is 1. The number of hydrogen-bond acceptors (Lipinski definition) is 10. The lowest BCUT2D eigenvalue weighted by molar-refractivity contribution is -0.120. The summed E-state index contributed by atoms with van der Waals surface area (Å²) >= 11 is 13.8. The predicted molar refractivity (Wildman–Crippen MR) is 202 cm³/mol. The number of fused-ring (bicyclic) bond motifs is 1. The molecular formula is C39H43Cl2N7O5. The lowest BCUT2D eigenvalue weighted by atomic mass is 9.94. The highest BCUT2D eigenvalue weighted by Crippen LogP contribution is 2.44. The van der Waals surface area contributed by atoms with Gasteiger partial charge in [-0.25, -0.2) is 9.97 Å². The van der Waals surface area contributed by atoms with Crippen LogP contribution in [0.2, 0.25) is 10.2 Å². The molecule has 0 unspecified atom stereocenters. The van der Waals surface area contributed by atoms with Gasteiger partial charge >= 0.3 is 0 Å². The van der Waals surface area contributed by atoms with E-state index in [0.717, 1.165) is 65.5 Å². The van der Waals surface area contributed by atoms with E-state index >= 15 is 0 Å². The van der Waals surface area contributed by atoms with E-state index < -0.39 is 0 Å². The van der Waals surface area contributed by atoms with Crippen molar-refractivity contribution in [3.8, 4) is 40.0 Å². The molecule has 4 aromatic rings. The summed E-state index contributed by atoms with van der Waals surface area (Å²) < 4.78 is 17.7. The Morgan fingerprint density at radius 1 is 0.755 bits per heavy atom. The van der Waals surface area contributed by atoms with Crippen LogP contribution in [0.25, 0.3) is 22.4 Å². The van der Waals surface area contributed by atoms with Crippen LogP contribution in [0, 0.1) is 0 Å². The van der Waals surface area contributed by atoms with E-state index in [1.54, 1.807) is 14.2 Å². The minimum Gasteiger partial charge on any atom is -0.481 e. The fraction of sp³-hybridized carbons (Fsp3) is 0.410. The molecule has 2 saturated heterocycles. The molecule has 3 aliphatic rings. The summed E-state index contributed by atoms with van der Waals surface area (Å²) in [4.78, 5) is 37.0. The SMILES string of the molecule is COc1nc(-c2cccc(-c3cccc4c3CC[C@@H]4Oc3nc(OC)c(CNCC[C@@H]4CCC(=O)N4)nc3Cl)c2Cl)ccc1CNC[C@@H]1CCC(=O)N1. The fourth-order valence-electron chi connectivity index (χ4n) is 7.35. The third kappa shape index (κ3) is 8.36. The molecule has 4 N–H and O–H groups in total. The molecule has 14 heteroatoms. The largest absolute Gasteiger partial charge is 0.481 e. The Morgan fingerprint density at radius 3 is 2.25 bits per heavy atom. The number of amides is 2. The molecule has 53 heavy (non-hydrogen) atoms. The Balaban J connectivity index is 1.04. The predicted octanol–water partition coefficient (Wildman–Crippen LogP) is 5.72. The maximum absolute atomic E-state index is 11.5. The zero-order chi connectivity index (χ0) is 36.9. The monoisotopic (exact) mass is 759 g/mol. The molecule has 1 aliphatic carbocycles. The van der Waals surface area contributed by atoms with Crippen LogP contribution in [0.4, 0.5) is 0 Å². The van der Waals surface area contributed by atoms with E-state index in [9.17, 15) is 9.59 Å². The Labute approximate surface area is 318 Å². The smallest absolute Gasteiger partial charge is 0.256 e. The Bertz CT molecular complexity index is 2000. The maximum atomic E-state index is 11.5. The van der Waals surface area contributed by atoms with Gasteiger partial charge in [0.1, 0.15) is 11.8 Å². The summed E-state index contributed by atoms with van der Waals surface area (Å²) in [5, 5.41) is 13.5. The molecule has 3 atom stereocenters. The van der Waals surface area contributed by atoms with Crippen LogP contribution in [0.5, 0.6) is 17.6 Å². The number of nitrogens with one attached hydrogen (secondary N) is 4. The van der Waals surface area contributed by atoms with Crippen molar-refractivity contribution >= 4 is 35.0 Å². The van der Waals surface area contributed by atoms with E-state index in [0.29, 0.717) is 67.2 Å². The van der Waals surface area contributed by atoms with Gasteiger partial charge in [0.15, 0.2) is 5.15 Å². The number of benzene rings is 2. The maximum Gasteiger partial charge on any atom is 0.256 e. The zero-order valence-electron chi connectivity index (χ0n) is 29.8. The molecule has 2 aromatic carbocycles. The Kier molecular flexibility index (Phi) is 11.6. The normalized spacial score (nSPS) is 19.2. The molecule has 0 spiro atoms. The average Bonchev–Trinajstić information content (AvgIpc) is 3.90. The van der Waals surface area contributed by atoms with Crippen LogP contribution < -0.4 is 35.5 Å². The summed E-state index contributed by atoms with van der Waals surface area (Å²) in [6, 6.07) is 16.4. The van der Waals surface area contributed by atoms with E-state index in [4.69, 9.17) is 42.4 Å². The Morgan fingerprint density at radius 2 is 1.49 bits per heavy atom. The summed E-state index contributed by atoms with van der Waals surface area (Å²) in [7, 11) is 3.16. The zero-order valence-corrected chi connectivity index (χ0v) is 31.3. The van der Waals surface area contributed by atoms with E-state index in [-0.39, 0.29) is 41.0 Å². The lowest BCUT2D eigenvalue weighted by Crippen LogP contribution is -2.35. The molecule has 2 fully saturated rings. The van der Waals surface area contributed by atoms with Gasteiger partial charge in [-0.1, -0.05) is 65.7 Å². The standard InChI is InChI=1S/C39H43Cl2N7O5/c1-51-37-22(19-43-20-24-11-16-34(50)45-24)9-13-30(47-37)29-8-4-7-28(35(29)40)25-5-3-6-27-26(25)12-14-32(27)53-39-36(41)46-31(38(48-39)52-2)21-42-18-17-23-10-15-33(49)44-23/h3-9,13,23-24,32,42-43H,10-12,14-21H2,1-2H3,(H,44,49)(H,45,50)/t23-,24-,32-/m0/s1. The molecular weight excluding hydrogens is 717 g/mol. The van der Waals surface area contributed by atoms with Gasteiger partial charge in [0.2, 0.25) is 23.6 Å². The van der Waals surface area contributed by atoms with Crippen molar-refractivity contribution in [1.82, 2.24) is 36.2 Å². The second-order valence-electron chi connectivity index (χ2n) is 13.5. The van der Waals surface area contributed by atoms with Crippen LogP contribution in [-0.4, -0.2) is 66.2 Å². The van der Waals surface area contributed by atoms with Crippen molar-refractivity contribution in [2.24, 2.45) is 0 Å². The van der Waals surface area contributed by atoms with Gasteiger partial charge in [0, 0.05) is 61.2 Å². The van der Waals surface area contributed by atoms with Crippen LogP contribution in [0.1, 0.15) is 67.0 Å². The minimum absolute atomic E-state index is 0.101. The van der Waals surface area contributed by atoms with Gasteiger partial charge in [-0.05, 0) is 61.4 Å². The molecule has 2 amide bonds. The van der Waals surface area contributed by atoms with E-state index in [2.05, 4.69) is 43.4 Å². The quantitative estimate of drug-likeness (QED) is 0.111. The van der Waals surface area contributed by atoms with Crippen LogP contribution in [0.3, 0.4) is 0 Å². The number of nitrogens with zero attached hydrogens (tertiary/aromatic N) is 3. The van der Waals surface area contributed by atoms with Crippen molar-refractivity contribution in [3.63, 3.8) is 0 Å². The number of halogens is 2. The van der Waals surface area contributed by atoms with Gasteiger partial charge < -0.3 is 35.5 Å². The van der Waals surface area contributed by atoms with Gasteiger partial charge in [-0.3, -0.25) is 9.59 Å². The summed E-state index contributed by atoms with van der Waals surface area (Å²) in [5.74, 6) is 1.29. The second-order valence-corrected chi connectivity index (χ2v) is 14.3. The number of ether oxygens (including phenoxy) is 3. The lowest BCUT2D eigenvalue weighted by Gasteiger charge is -2.18. The molecule has 2 aliphatic heterocycles. The summed E-state index contributed by atoms with van der Waals surface area (Å²) in [5.41, 5.74) is 7.12. The topological polar surface area (TPSA) is 149 Å². The van der Waals surface area contributed by atoms with E-state index in [1.165, 1.54) is 0 Å². The minimum atomic E-state index is -0.286. The summed E-state index contributed by atoms with van der Waals surface area (Å²) in [6.45, 7) is 2.36. The van der Waals surface area contributed by atoms with Crippen molar-refractivity contribution < 1.29 is 23.8 Å². The third-order valence-electron chi connectivity index (χ3n) is 10.1. The summed E-state index contributed by atoms with van der Waals surface area (Å²) in [6.07, 6.45) is 4.91. The van der Waals surface area contributed by atoms with Crippen molar-refractivity contribution in [1.29, 1.82) is 0 Å².